The van der Waals surface area contributed by atoms with E-state index in [0.717, 1.165) is 14.8 Å². The molecule has 0 aliphatic heterocycles. The van der Waals surface area contributed by atoms with Gasteiger partial charge in [-0.15, -0.1) is 11.3 Å². The van der Waals surface area contributed by atoms with Gasteiger partial charge in [-0.1, -0.05) is 23.7 Å². The highest BCUT2D eigenvalue weighted by molar-refractivity contribution is 7.16. The number of nitrogens with zero attached hydrogens (tertiary/aromatic N) is 1. The van der Waals surface area contributed by atoms with Crippen LogP contribution >= 0.6 is 22.9 Å². The van der Waals surface area contributed by atoms with Crippen LogP contribution in [-0.4, -0.2) is 17.4 Å². The molecule has 0 saturated carbocycles. The lowest BCUT2D eigenvalue weighted by Crippen LogP contribution is -2.28. The Labute approximate surface area is 133 Å². The fraction of sp³-hybridized carbons (Fsp3) is 0.188. The zero-order valence-electron chi connectivity index (χ0n) is 11.8. The third-order valence-corrected chi connectivity index (χ3v) is 4.24. The Hall–Kier alpha value is -1.78. The van der Waals surface area contributed by atoms with Gasteiger partial charge in [0.2, 0.25) is 5.91 Å². The Balaban J connectivity index is 2.01. The number of carbonyl (C=O) groups is 1. The van der Waals surface area contributed by atoms with E-state index in [9.17, 15) is 4.79 Å². The molecule has 0 aliphatic carbocycles. The molecular weight excluding hydrogens is 304 g/mol. The van der Waals surface area contributed by atoms with Crippen molar-refractivity contribution in [2.24, 2.45) is 0 Å². The van der Waals surface area contributed by atoms with Crippen LogP contribution in [0.2, 0.25) is 4.34 Å². The Morgan fingerprint density at radius 1 is 1.29 bits per heavy atom. The van der Waals surface area contributed by atoms with Crippen molar-refractivity contribution in [3.05, 3.63) is 57.3 Å². The lowest BCUT2D eigenvalue weighted by atomic mass is 10.2. The Morgan fingerprint density at radius 2 is 2.00 bits per heavy atom. The van der Waals surface area contributed by atoms with Gasteiger partial charge in [-0.25, -0.2) is 0 Å². The molecule has 1 amide bonds. The number of nitrogen functional groups attached to an aromatic ring is 1. The molecule has 1 aromatic carbocycles. The van der Waals surface area contributed by atoms with E-state index in [1.807, 2.05) is 43.3 Å². The number of likely N-dealkylation sites (N-methyl/N-ethyl adjacent to an activating group) is 1. The van der Waals surface area contributed by atoms with Crippen molar-refractivity contribution in [2.75, 3.05) is 12.3 Å². The molecule has 0 aliphatic rings. The van der Waals surface area contributed by atoms with Crippen LogP contribution < -0.4 is 5.73 Å². The second-order valence-corrected chi connectivity index (χ2v) is 6.36. The number of hydrogen-bond acceptors (Lipinski definition) is 3. The number of anilines is 1. The van der Waals surface area contributed by atoms with Crippen molar-refractivity contribution in [1.29, 1.82) is 0 Å². The third-order valence-electron chi connectivity index (χ3n) is 3.02. The molecule has 0 fully saturated rings. The van der Waals surface area contributed by atoms with Crippen molar-refractivity contribution >= 4 is 40.6 Å². The van der Waals surface area contributed by atoms with Crippen molar-refractivity contribution in [3.63, 3.8) is 0 Å². The molecule has 3 nitrogen and oxygen atoms in total. The normalized spacial score (nSPS) is 11.0. The van der Waals surface area contributed by atoms with E-state index in [4.69, 9.17) is 17.3 Å². The van der Waals surface area contributed by atoms with Crippen LogP contribution in [0.1, 0.15) is 17.4 Å². The number of hydrogen-bond donors (Lipinski definition) is 1. The van der Waals surface area contributed by atoms with Gasteiger partial charge in [0.15, 0.2) is 0 Å². The van der Waals surface area contributed by atoms with Crippen LogP contribution in [0.15, 0.2) is 42.5 Å². The largest absolute Gasteiger partial charge is 0.399 e. The first kappa shape index (κ1) is 15.6. The number of thiophene rings is 1. The second-order valence-electron chi connectivity index (χ2n) is 4.56. The molecule has 0 bridgehead atoms. The summed E-state index contributed by atoms with van der Waals surface area (Å²) in [5.74, 6) is -0.0150. The van der Waals surface area contributed by atoms with Crippen LogP contribution in [0.3, 0.4) is 0 Å². The SMILES string of the molecule is CCN(Cc1ccc(Cl)s1)C(=O)/C=C/c1ccc(N)cc1. The second kappa shape index (κ2) is 7.29. The molecule has 21 heavy (non-hydrogen) atoms. The van der Waals surface area contributed by atoms with Crippen LogP contribution in [0.5, 0.6) is 0 Å². The summed E-state index contributed by atoms with van der Waals surface area (Å²) in [5.41, 5.74) is 7.29. The smallest absolute Gasteiger partial charge is 0.246 e. The van der Waals surface area contributed by atoms with Crippen molar-refractivity contribution < 1.29 is 4.79 Å². The maximum atomic E-state index is 12.2. The van der Waals surface area contributed by atoms with Gasteiger partial charge in [-0.2, -0.15) is 0 Å². The minimum Gasteiger partial charge on any atom is -0.399 e. The quantitative estimate of drug-likeness (QED) is 0.667. The highest BCUT2D eigenvalue weighted by Crippen LogP contribution is 2.22. The van der Waals surface area contributed by atoms with E-state index >= 15 is 0 Å². The van der Waals surface area contributed by atoms with E-state index < -0.39 is 0 Å². The number of rotatable bonds is 5. The zero-order valence-corrected chi connectivity index (χ0v) is 13.3. The molecule has 1 heterocycles. The molecule has 0 unspecified atom stereocenters. The van der Waals surface area contributed by atoms with E-state index in [0.29, 0.717) is 18.8 Å². The van der Waals surface area contributed by atoms with Gasteiger partial charge in [-0.3, -0.25) is 4.79 Å². The van der Waals surface area contributed by atoms with Gasteiger partial charge in [0.1, 0.15) is 0 Å². The van der Waals surface area contributed by atoms with Crippen molar-refractivity contribution in [2.45, 2.75) is 13.5 Å². The standard InChI is InChI=1S/C16H17ClN2OS/c1-2-19(11-14-8-9-15(17)21-14)16(20)10-5-12-3-6-13(18)7-4-12/h3-10H,2,11,18H2,1H3/b10-5+. The predicted molar refractivity (Wildman–Crippen MR) is 90.3 cm³/mol. The van der Waals surface area contributed by atoms with Crippen LogP contribution in [-0.2, 0) is 11.3 Å². The van der Waals surface area contributed by atoms with E-state index in [1.54, 1.807) is 17.1 Å². The fourth-order valence-electron chi connectivity index (χ4n) is 1.85. The average molecular weight is 321 g/mol. The highest BCUT2D eigenvalue weighted by Gasteiger charge is 2.10. The fourth-order valence-corrected chi connectivity index (χ4v) is 2.95. The molecular formula is C16H17ClN2OS. The topological polar surface area (TPSA) is 46.3 Å². The van der Waals surface area contributed by atoms with Gasteiger partial charge in [0.25, 0.3) is 0 Å². The molecule has 0 saturated heterocycles. The first-order chi connectivity index (χ1) is 10.1. The highest BCUT2D eigenvalue weighted by atomic mass is 35.5. The molecule has 5 heteroatoms. The summed E-state index contributed by atoms with van der Waals surface area (Å²) in [7, 11) is 0. The number of amides is 1. The summed E-state index contributed by atoms with van der Waals surface area (Å²) in [5, 5.41) is 0. The van der Waals surface area contributed by atoms with Gasteiger partial charge in [0.05, 0.1) is 10.9 Å². The minimum absolute atomic E-state index is 0.0150. The van der Waals surface area contributed by atoms with Crippen LogP contribution in [0.4, 0.5) is 5.69 Å². The van der Waals surface area contributed by atoms with Crippen LogP contribution in [0, 0.1) is 0 Å². The van der Waals surface area contributed by atoms with E-state index in [2.05, 4.69) is 0 Å². The number of nitrogens with two attached hydrogens (primary N) is 1. The molecule has 0 atom stereocenters. The van der Waals surface area contributed by atoms with Crippen molar-refractivity contribution in [1.82, 2.24) is 4.90 Å². The molecule has 0 spiro atoms. The Kier molecular flexibility index (Phi) is 5.42. The molecule has 2 aromatic rings. The summed E-state index contributed by atoms with van der Waals surface area (Å²) in [4.78, 5) is 15.1. The van der Waals surface area contributed by atoms with Crippen LogP contribution in [0.25, 0.3) is 6.08 Å². The van der Waals surface area contributed by atoms with Gasteiger partial charge in [0, 0.05) is 23.2 Å². The average Bonchev–Trinajstić information content (AvgIpc) is 2.89. The van der Waals surface area contributed by atoms with Gasteiger partial charge < -0.3 is 10.6 Å². The number of benzene rings is 1. The molecule has 2 N–H and O–H groups in total. The summed E-state index contributed by atoms with van der Waals surface area (Å²) < 4.78 is 0.742. The molecule has 1 aromatic heterocycles. The third kappa shape index (κ3) is 4.62. The molecule has 0 radical (unpaired) electrons. The zero-order chi connectivity index (χ0) is 15.2. The first-order valence-electron chi connectivity index (χ1n) is 6.65. The van der Waals surface area contributed by atoms with Crippen molar-refractivity contribution in [3.8, 4) is 0 Å². The summed E-state index contributed by atoms with van der Waals surface area (Å²) in [6, 6.07) is 11.2. The minimum atomic E-state index is -0.0150. The Bertz CT molecular complexity index is 634. The van der Waals surface area contributed by atoms with Gasteiger partial charge >= 0.3 is 0 Å². The monoisotopic (exact) mass is 320 g/mol. The summed E-state index contributed by atoms with van der Waals surface area (Å²) in [6.07, 6.45) is 3.38. The summed E-state index contributed by atoms with van der Waals surface area (Å²) in [6.45, 7) is 3.20. The first-order valence-corrected chi connectivity index (χ1v) is 7.84. The lowest BCUT2D eigenvalue weighted by molar-refractivity contribution is -0.126. The maximum absolute atomic E-state index is 12.2. The number of carbonyl (C=O) groups excluding carboxylic acids is 1. The van der Waals surface area contributed by atoms with E-state index in [1.165, 1.54) is 11.3 Å². The Morgan fingerprint density at radius 3 is 2.57 bits per heavy atom. The van der Waals surface area contributed by atoms with Gasteiger partial charge in [-0.05, 0) is 42.8 Å². The molecule has 2 rings (SSSR count). The van der Waals surface area contributed by atoms with E-state index in [-0.39, 0.29) is 5.91 Å². The molecule has 110 valence electrons. The lowest BCUT2D eigenvalue weighted by Gasteiger charge is -2.18. The predicted octanol–water partition coefficient (Wildman–Crippen LogP) is 4.05. The summed E-state index contributed by atoms with van der Waals surface area (Å²) >= 11 is 7.41. The maximum Gasteiger partial charge on any atom is 0.246 e. The number of halogens is 1.